The highest BCUT2D eigenvalue weighted by Crippen LogP contribution is 2.27. The van der Waals surface area contributed by atoms with Crippen LogP contribution in [-0.2, 0) is 4.79 Å². The van der Waals surface area contributed by atoms with E-state index in [-0.39, 0.29) is 12.0 Å². The van der Waals surface area contributed by atoms with Crippen molar-refractivity contribution in [3.8, 4) is 0 Å². The Hall–Kier alpha value is -0.570. The Morgan fingerprint density at radius 3 is 2.69 bits per heavy atom. The molecular formula is C13H25NO2. The number of hydrogen-bond donors (Lipinski definition) is 2. The van der Waals surface area contributed by atoms with Crippen molar-refractivity contribution in [2.45, 2.75) is 64.4 Å². The lowest BCUT2D eigenvalue weighted by Crippen LogP contribution is -2.26. The molecule has 1 amide bonds. The van der Waals surface area contributed by atoms with Gasteiger partial charge < -0.3 is 10.4 Å². The Morgan fingerprint density at radius 1 is 1.38 bits per heavy atom. The Kier molecular flexibility index (Phi) is 6.46. The highest BCUT2D eigenvalue weighted by molar-refractivity contribution is 5.75. The number of rotatable bonds is 6. The Morgan fingerprint density at radius 2 is 2.06 bits per heavy atom. The summed E-state index contributed by atoms with van der Waals surface area (Å²) >= 11 is 0. The van der Waals surface area contributed by atoms with E-state index in [0.717, 1.165) is 12.3 Å². The van der Waals surface area contributed by atoms with Gasteiger partial charge in [-0.2, -0.15) is 0 Å². The van der Waals surface area contributed by atoms with E-state index in [1.165, 1.54) is 32.1 Å². The van der Waals surface area contributed by atoms with Crippen molar-refractivity contribution in [1.82, 2.24) is 5.32 Å². The molecule has 1 unspecified atom stereocenters. The molecule has 16 heavy (non-hydrogen) atoms. The Balaban J connectivity index is 2.00. The van der Waals surface area contributed by atoms with Crippen LogP contribution in [0.1, 0.15) is 58.3 Å². The lowest BCUT2D eigenvalue weighted by Gasteiger charge is -2.21. The molecule has 0 radical (unpaired) electrons. The second kappa shape index (κ2) is 7.66. The Labute approximate surface area is 98.6 Å². The zero-order valence-electron chi connectivity index (χ0n) is 10.4. The van der Waals surface area contributed by atoms with Crippen molar-refractivity contribution in [1.29, 1.82) is 0 Å². The molecule has 3 heteroatoms. The molecule has 0 bridgehead atoms. The molecule has 1 rings (SSSR count). The monoisotopic (exact) mass is 227 g/mol. The van der Waals surface area contributed by atoms with Crippen LogP contribution in [-0.4, -0.2) is 23.7 Å². The molecular weight excluding hydrogens is 202 g/mol. The normalized spacial score (nSPS) is 19.4. The van der Waals surface area contributed by atoms with E-state index in [4.69, 9.17) is 5.11 Å². The number of carbonyl (C=O) groups is 1. The molecule has 1 aliphatic carbocycles. The smallest absolute Gasteiger partial charge is 0.220 e. The fourth-order valence-corrected chi connectivity index (χ4v) is 2.32. The fraction of sp³-hybridized carbons (Fsp3) is 0.923. The predicted molar refractivity (Wildman–Crippen MR) is 65.1 cm³/mol. The van der Waals surface area contributed by atoms with Gasteiger partial charge in [0, 0.05) is 13.0 Å². The highest BCUT2D eigenvalue weighted by atomic mass is 16.3. The quantitative estimate of drug-likeness (QED) is 0.731. The van der Waals surface area contributed by atoms with Gasteiger partial charge in [0.1, 0.15) is 0 Å². The summed E-state index contributed by atoms with van der Waals surface area (Å²) in [6, 6.07) is 0. The van der Waals surface area contributed by atoms with Crippen LogP contribution in [0.2, 0.25) is 0 Å². The van der Waals surface area contributed by atoms with Gasteiger partial charge in [-0.05, 0) is 25.7 Å². The van der Waals surface area contributed by atoms with Crippen molar-refractivity contribution < 1.29 is 9.90 Å². The van der Waals surface area contributed by atoms with E-state index in [1.54, 1.807) is 6.92 Å². The molecule has 0 aromatic heterocycles. The predicted octanol–water partition coefficient (Wildman–Crippen LogP) is 2.23. The van der Waals surface area contributed by atoms with E-state index in [1.807, 2.05) is 0 Å². The summed E-state index contributed by atoms with van der Waals surface area (Å²) in [6.07, 6.45) is 8.69. The summed E-state index contributed by atoms with van der Waals surface area (Å²) in [5, 5.41) is 11.9. The van der Waals surface area contributed by atoms with Gasteiger partial charge in [0.05, 0.1) is 6.10 Å². The standard InChI is InChI=1S/C13H25NO2/c1-11(15)9-10-14-13(16)8-7-12-5-3-2-4-6-12/h11-12,15H,2-10H2,1H3,(H,14,16). The molecule has 1 fully saturated rings. The molecule has 3 nitrogen and oxygen atoms in total. The van der Waals surface area contributed by atoms with Crippen LogP contribution < -0.4 is 5.32 Å². The van der Waals surface area contributed by atoms with E-state index in [0.29, 0.717) is 19.4 Å². The van der Waals surface area contributed by atoms with Crippen molar-refractivity contribution in [3.05, 3.63) is 0 Å². The summed E-state index contributed by atoms with van der Waals surface area (Å²) in [4.78, 5) is 11.5. The van der Waals surface area contributed by atoms with E-state index < -0.39 is 0 Å². The summed E-state index contributed by atoms with van der Waals surface area (Å²) in [5.41, 5.74) is 0. The van der Waals surface area contributed by atoms with Crippen LogP contribution in [0, 0.1) is 5.92 Å². The first-order valence-corrected chi connectivity index (χ1v) is 6.63. The average molecular weight is 227 g/mol. The fourth-order valence-electron chi connectivity index (χ4n) is 2.32. The summed E-state index contributed by atoms with van der Waals surface area (Å²) in [7, 11) is 0. The minimum absolute atomic E-state index is 0.145. The number of aliphatic hydroxyl groups excluding tert-OH is 1. The van der Waals surface area contributed by atoms with Gasteiger partial charge in [-0.15, -0.1) is 0 Å². The number of amides is 1. The zero-order chi connectivity index (χ0) is 11.8. The van der Waals surface area contributed by atoms with Crippen LogP contribution in [0.15, 0.2) is 0 Å². The average Bonchev–Trinajstić information content (AvgIpc) is 2.27. The van der Waals surface area contributed by atoms with Crippen molar-refractivity contribution in [3.63, 3.8) is 0 Å². The van der Waals surface area contributed by atoms with Crippen LogP contribution >= 0.6 is 0 Å². The van der Waals surface area contributed by atoms with Crippen LogP contribution in [0.25, 0.3) is 0 Å². The molecule has 1 aliphatic rings. The minimum Gasteiger partial charge on any atom is -0.393 e. The summed E-state index contributed by atoms with van der Waals surface area (Å²) < 4.78 is 0. The molecule has 0 spiro atoms. The molecule has 0 saturated heterocycles. The van der Waals surface area contributed by atoms with Crippen molar-refractivity contribution >= 4 is 5.91 Å². The van der Waals surface area contributed by atoms with Gasteiger partial charge in [-0.25, -0.2) is 0 Å². The van der Waals surface area contributed by atoms with E-state index >= 15 is 0 Å². The SMILES string of the molecule is CC(O)CCNC(=O)CCC1CCCCC1. The van der Waals surface area contributed by atoms with Gasteiger partial charge in [-0.3, -0.25) is 4.79 Å². The molecule has 0 aromatic rings. The second-order valence-electron chi connectivity index (χ2n) is 5.03. The lowest BCUT2D eigenvalue weighted by atomic mass is 9.86. The van der Waals surface area contributed by atoms with Gasteiger partial charge in [0.15, 0.2) is 0 Å². The molecule has 0 heterocycles. The minimum atomic E-state index is -0.321. The van der Waals surface area contributed by atoms with Gasteiger partial charge in [0.2, 0.25) is 5.91 Å². The molecule has 2 N–H and O–H groups in total. The van der Waals surface area contributed by atoms with Crippen molar-refractivity contribution in [2.75, 3.05) is 6.54 Å². The molecule has 94 valence electrons. The first-order chi connectivity index (χ1) is 7.68. The van der Waals surface area contributed by atoms with E-state index in [2.05, 4.69) is 5.32 Å². The van der Waals surface area contributed by atoms with E-state index in [9.17, 15) is 4.79 Å². The second-order valence-corrected chi connectivity index (χ2v) is 5.03. The zero-order valence-corrected chi connectivity index (χ0v) is 10.4. The third-order valence-electron chi connectivity index (χ3n) is 3.39. The van der Waals surface area contributed by atoms with Crippen LogP contribution in [0.3, 0.4) is 0 Å². The highest BCUT2D eigenvalue weighted by Gasteiger charge is 2.14. The Bertz CT molecular complexity index is 198. The molecule has 1 saturated carbocycles. The van der Waals surface area contributed by atoms with Gasteiger partial charge in [-0.1, -0.05) is 32.1 Å². The summed E-state index contributed by atoms with van der Waals surface area (Å²) in [5.74, 6) is 0.919. The topological polar surface area (TPSA) is 49.3 Å². The number of hydrogen-bond acceptors (Lipinski definition) is 2. The molecule has 0 aromatic carbocycles. The van der Waals surface area contributed by atoms with Gasteiger partial charge in [0.25, 0.3) is 0 Å². The maximum atomic E-state index is 11.5. The third kappa shape index (κ3) is 6.11. The number of carbonyl (C=O) groups excluding carboxylic acids is 1. The van der Waals surface area contributed by atoms with Crippen LogP contribution in [0.5, 0.6) is 0 Å². The maximum absolute atomic E-state index is 11.5. The van der Waals surface area contributed by atoms with Gasteiger partial charge >= 0.3 is 0 Å². The molecule has 0 aliphatic heterocycles. The third-order valence-corrected chi connectivity index (χ3v) is 3.39. The number of aliphatic hydroxyl groups is 1. The number of nitrogens with one attached hydrogen (secondary N) is 1. The van der Waals surface area contributed by atoms with Crippen LogP contribution in [0.4, 0.5) is 0 Å². The lowest BCUT2D eigenvalue weighted by molar-refractivity contribution is -0.121. The molecule has 1 atom stereocenters. The maximum Gasteiger partial charge on any atom is 0.220 e. The van der Waals surface area contributed by atoms with Crippen molar-refractivity contribution in [2.24, 2.45) is 5.92 Å². The first-order valence-electron chi connectivity index (χ1n) is 6.63. The first kappa shape index (κ1) is 13.5. The summed E-state index contributed by atoms with van der Waals surface area (Å²) in [6.45, 7) is 2.34. The largest absolute Gasteiger partial charge is 0.393 e.